The molecule has 1 nitrogen and oxygen atoms in total. The van der Waals surface area contributed by atoms with Crippen LogP contribution in [0.3, 0.4) is 0 Å². The van der Waals surface area contributed by atoms with Gasteiger partial charge in [-0.05, 0) is 30.5 Å². The van der Waals surface area contributed by atoms with Gasteiger partial charge >= 0.3 is 0 Å². The monoisotopic (exact) mass is 275 g/mol. The molecule has 0 spiro atoms. The lowest BCUT2D eigenvalue weighted by atomic mass is 10.0. The third-order valence-corrected chi connectivity index (χ3v) is 4.07. The van der Waals surface area contributed by atoms with E-state index < -0.39 is 0 Å². The standard InChI is InChI=1S/C19H33N/c1-2-3-4-5-6-7-8-9-10-11-12-13-14-19-15-17-20-18-16-19/h15-18H,2-14H2,1H3. The molecule has 0 aromatic carbocycles. The third-order valence-electron chi connectivity index (χ3n) is 4.07. The van der Waals surface area contributed by atoms with Crippen molar-refractivity contribution in [2.75, 3.05) is 0 Å². The van der Waals surface area contributed by atoms with Crippen LogP contribution in [0.2, 0.25) is 0 Å². The largest absolute Gasteiger partial charge is 0.265 e. The van der Waals surface area contributed by atoms with Crippen LogP contribution in [-0.2, 0) is 6.42 Å². The van der Waals surface area contributed by atoms with E-state index in [2.05, 4.69) is 24.0 Å². The van der Waals surface area contributed by atoms with E-state index in [0.717, 1.165) is 0 Å². The van der Waals surface area contributed by atoms with Gasteiger partial charge in [-0.25, -0.2) is 0 Å². The summed E-state index contributed by atoms with van der Waals surface area (Å²) >= 11 is 0. The molecule has 0 amide bonds. The Kier molecular flexibility index (Phi) is 11.3. The highest BCUT2D eigenvalue weighted by Gasteiger charge is 1.94. The van der Waals surface area contributed by atoms with Crippen molar-refractivity contribution in [3.05, 3.63) is 30.1 Å². The van der Waals surface area contributed by atoms with E-state index in [1.165, 1.54) is 89.0 Å². The van der Waals surface area contributed by atoms with Crippen LogP contribution in [0.5, 0.6) is 0 Å². The van der Waals surface area contributed by atoms with E-state index in [1.54, 1.807) is 0 Å². The van der Waals surface area contributed by atoms with Gasteiger partial charge in [0.05, 0.1) is 0 Å². The molecular weight excluding hydrogens is 242 g/mol. The average Bonchev–Trinajstić information content (AvgIpc) is 2.49. The molecule has 1 aromatic rings. The first-order valence-electron chi connectivity index (χ1n) is 8.82. The fraction of sp³-hybridized carbons (Fsp3) is 0.737. The van der Waals surface area contributed by atoms with Crippen LogP contribution >= 0.6 is 0 Å². The molecule has 0 saturated carbocycles. The number of aromatic nitrogens is 1. The molecule has 1 heterocycles. The van der Waals surface area contributed by atoms with Crippen molar-refractivity contribution in [3.8, 4) is 0 Å². The number of hydrogen-bond donors (Lipinski definition) is 0. The van der Waals surface area contributed by atoms with E-state index >= 15 is 0 Å². The Morgan fingerprint density at radius 3 is 1.60 bits per heavy atom. The maximum Gasteiger partial charge on any atom is 0.0270 e. The minimum Gasteiger partial charge on any atom is -0.265 e. The first-order chi connectivity index (χ1) is 9.93. The van der Waals surface area contributed by atoms with E-state index in [0.29, 0.717) is 0 Å². The molecule has 1 aromatic heterocycles. The average molecular weight is 275 g/mol. The minimum atomic E-state index is 1.22. The molecule has 0 aliphatic rings. The second kappa shape index (κ2) is 13.1. The molecule has 0 radical (unpaired) electrons. The first-order valence-corrected chi connectivity index (χ1v) is 8.82. The molecule has 20 heavy (non-hydrogen) atoms. The molecule has 0 N–H and O–H groups in total. The van der Waals surface area contributed by atoms with Crippen LogP contribution in [0, 0.1) is 0 Å². The van der Waals surface area contributed by atoms with Gasteiger partial charge in [0.25, 0.3) is 0 Å². The summed E-state index contributed by atoms with van der Waals surface area (Å²) in [5.74, 6) is 0. The first kappa shape index (κ1) is 17.2. The van der Waals surface area contributed by atoms with E-state index in [9.17, 15) is 0 Å². The van der Waals surface area contributed by atoms with Crippen LogP contribution in [-0.4, -0.2) is 4.98 Å². The van der Waals surface area contributed by atoms with Crippen molar-refractivity contribution in [3.63, 3.8) is 0 Å². The highest BCUT2D eigenvalue weighted by Crippen LogP contribution is 2.12. The fourth-order valence-electron chi connectivity index (χ4n) is 2.72. The van der Waals surface area contributed by atoms with Crippen molar-refractivity contribution in [1.82, 2.24) is 4.98 Å². The van der Waals surface area contributed by atoms with Gasteiger partial charge in [0.2, 0.25) is 0 Å². The van der Waals surface area contributed by atoms with Crippen LogP contribution < -0.4 is 0 Å². The molecule has 0 fully saturated rings. The van der Waals surface area contributed by atoms with Crippen molar-refractivity contribution >= 4 is 0 Å². The van der Waals surface area contributed by atoms with E-state index in [1.807, 2.05) is 12.4 Å². The Labute approximate surface area is 126 Å². The van der Waals surface area contributed by atoms with Gasteiger partial charge in [-0.2, -0.15) is 0 Å². The molecule has 1 rings (SSSR count). The lowest BCUT2D eigenvalue weighted by Gasteiger charge is -2.03. The van der Waals surface area contributed by atoms with Crippen molar-refractivity contribution in [1.29, 1.82) is 0 Å². The summed E-state index contributed by atoms with van der Waals surface area (Å²) in [4.78, 5) is 4.05. The van der Waals surface area contributed by atoms with Crippen LogP contribution in [0.1, 0.15) is 89.5 Å². The van der Waals surface area contributed by atoms with E-state index in [4.69, 9.17) is 0 Å². The zero-order valence-corrected chi connectivity index (χ0v) is 13.4. The summed E-state index contributed by atoms with van der Waals surface area (Å²) in [6.45, 7) is 2.29. The molecule has 0 aliphatic carbocycles. The summed E-state index contributed by atoms with van der Waals surface area (Å²) in [5, 5.41) is 0. The van der Waals surface area contributed by atoms with Gasteiger partial charge in [0.1, 0.15) is 0 Å². The van der Waals surface area contributed by atoms with Crippen molar-refractivity contribution in [2.45, 2.75) is 90.4 Å². The van der Waals surface area contributed by atoms with Gasteiger partial charge in [0.15, 0.2) is 0 Å². The summed E-state index contributed by atoms with van der Waals surface area (Å²) in [7, 11) is 0. The van der Waals surface area contributed by atoms with Crippen molar-refractivity contribution < 1.29 is 0 Å². The Morgan fingerprint density at radius 1 is 0.650 bits per heavy atom. The third kappa shape index (κ3) is 10.00. The number of hydrogen-bond acceptors (Lipinski definition) is 1. The quantitative estimate of drug-likeness (QED) is 0.383. The smallest absolute Gasteiger partial charge is 0.0270 e. The normalized spacial score (nSPS) is 10.8. The summed E-state index contributed by atoms with van der Waals surface area (Å²) in [6, 6.07) is 4.27. The van der Waals surface area contributed by atoms with Gasteiger partial charge in [-0.1, -0.05) is 77.6 Å². The summed E-state index contributed by atoms with van der Waals surface area (Å²) in [5.41, 5.74) is 1.44. The lowest BCUT2D eigenvalue weighted by molar-refractivity contribution is 0.544. The molecule has 0 unspecified atom stereocenters. The molecule has 0 bridgehead atoms. The number of unbranched alkanes of at least 4 members (excludes halogenated alkanes) is 11. The summed E-state index contributed by atoms with van der Waals surface area (Å²) in [6.07, 6.45) is 22.1. The minimum absolute atomic E-state index is 1.22. The number of nitrogens with zero attached hydrogens (tertiary/aromatic N) is 1. The maximum atomic E-state index is 4.05. The van der Waals surface area contributed by atoms with Gasteiger partial charge < -0.3 is 0 Å². The number of rotatable bonds is 13. The van der Waals surface area contributed by atoms with Gasteiger partial charge in [-0.15, -0.1) is 0 Å². The Hall–Kier alpha value is -0.850. The second-order valence-corrected chi connectivity index (χ2v) is 5.99. The Morgan fingerprint density at radius 2 is 1.10 bits per heavy atom. The zero-order valence-electron chi connectivity index (χ0n) is 13.4. The Balaban J connectivity index is 1.77. The maximum absolute atomic E-state index is 4.05. The molecule has 1 heteroatoms. The number of aryl methyl sites for hydroxylation is 1. The summed E-state index contributed by atoms with van der Waals surface area (Å²) < 4.78 is 0. The topological polar surface area (TPSA) is 12.9 Å². The van der Waals surface area contributed by atoms with Crippen LogP contribution in [0.15, 0.2) is 24.5 Å². The highest BCUT2D eigenvalue weighted by molar-refractivity contribution is 5.09. The SMILES string of the molecule is CCCCCCCCCCCCCCc1ccncc1. The van der Waals surface area contributed by atoms with Gasteiger partial charge in [-0.3, -0.25) is 4.98 Å². The van der Waals surface area contributed by atoms with Crippen LogP contribution in [0.25, 0.3) is 0 Å². The predicted molar refractivity (Wildman–Crippen MR) is 89.0 cm³/mol. The number of pyridine rings is 1. The molecular formula is C19H33N. The molecule has 0 saturated heterocycles. The molecule has 0 atom stereocenters. The van der Waals surface area contributed by atoms with Crippen molar-refractivity contribution in [2.24, 2.45) is 0 Å². The highest BCUT2D eigenvalue weighted by atomic mass is 14.6. The zero-order chi connectivity index (χ0) is 14.3. The Bertz CT molecular complexity index is 294. The van der Waals surface area contributed by atoms with E-state index in [-0.39, 0.29) is 0 Å². The lowest BCUT2D eigenvalue weighted by Crippen LogP contribution is -1.87. The second-order valence-electron chi connectivity index (χ2n) is 5.99. The molecule has 114 valence electrons. The predicted octanol–water partition coefficient (Wildman–Crippen LogP) is 6.33. The van der Waals surface area contributed by atoms with Crippen LogP contribution in [0.4, 0.5) is 0 Å². The fourth-order valence-corrected chi connectivity index (χ4v) is 2.72. The molecule has 0 aliphatic heterocycles. The van der Waals surface area contributed by atoms with Gasteiger partial charge in [0, 0.05) is 12.4 Å².